The van der Waals surface area contributed by atoms with E-state index < -0.39 is 25.6 Å². The van der Waals surface area contributed by atoms with E-state index in [9.17, 15) is 14.2 Å². The Bertz CT molecular complexity index is 712. The lowest BCUT2D eigenvalue weighted by Crippen LogP contribution is -2.48. The lowest BCUT2D eigenvalue weighted by Gasteiger charge is -2.24. The van der Waals surface area contributed by atoms with Crippen LogP contribution >= 0.6 is 23.5 Å². The third-order valence-corrected chi connectivity index (χ3v) is 6.78. The van der Waals surface area contributed by atoms with Gasteiger partial charge in [-0.3, -0.25) is 13.9 Å². The van der Waals surface area contributed by atoms with Crippen molar-refractivity contribution in [2.75, 3.05) is 12.0 Å². The van der Waals surface area contributed by atoms with E-state index in [1.54, 1.807) is 52.0 Å². The molecule has 164 valence electrons. The molecule has 3 amide bonds. The van der Waals surface area contributed by atoms with E-state index in [1.807, 2.05) is 6.92 Å². The first-order chi connectivity index (χ1) is 13.6. The maximum atomic E-state index is 12.7. The molecule has 0 aliphatic heterocycles. The lowest BCUT2D eigenvalue weighted by atomic mass is 10.1. The molecule has 2 atom stereocenters. The third kappa shape index (κ3) is 9.30. The highest BCUT2D eigenvalue weighted by molar-refractivity contribution is 9.10. The van der Waals surface area contributed by atoms with Gasteiger partial charge in [0.15, 0.2) is 0 Å². The molecule has 0 spiro atoms. The van der Waals surface area contributed by atoms with E-state index in [4.69, 9.17) is 9.05 Å². The summed E-state index contributed by atoms with van der Waals surface area (Å²) in [5.41, 5.74) is 0.261. The standard InChI is InChI=1S/C19H31BrN3O5P/c1-6-7-17(23-19(25)22-16-10-8-15(20)9-11-16)18(24)21-12-27-29(26,14(4)5)28-13(2)3/h8-11,13-14,17H,6-7,12H2,1-5H3,(H,21,24)(H2,22,23,25)/t17-,29?/m0/s1. The Kier molecular flexibility index (Phi) is 10.9. The first-order valence-corrected chi connectivity index (χ1v) is 12.0. The second kappa shape index (κ2) is 12.3. The molecule has 0 heterocycles. The van der Waals surface area contributed by atoms with Crippen molar-refractivity contribution in [2.45, 2.75) is 65.3 Å². The fraction of sp³-hybridized carbons (Fsp3) is 0.579. The SMILES string of the molecule is CCC[C@H](NC(=O)Nc1ccc(Br)cc1)C(=O)NCOP(=O)(OC(C)C)C(C)C. The van der Waals surface area contributed by atoms with E-state index in [-0.39, 0.29) is 18.5 Å². The first-order valence-electron chi connectivity index (χ1n) is 9.60. The Hall–Kier alpha value is -1.41. The van der Waals surface area contributed by atoms with Crippen molar-refractivity contribution >= 4 is 41.2 Å². The predicted molar refractivity (Wildman–Crippen MR) is 118 cm³/mol. The maximum Gasteiger partial charge on any atom is 0.335 e. The Morgan fingerprint density at radius 1 is 1.14 bits per heavy atom. The Labute approximate surface area is 181 Å². The number of benzene rings is 1. The van der Waals surface area contributed by atoms with E-state index >= 15 is 0 Å². The van der Waals surface area contributed by atoms with Crippen molar-refractivity contribution in [1.29, 1.82) is 0 Å². The van der Waals surface area contributed by atoms with Crippen LogP contribution in [-0.4, -0.2) is 36.5 Å². The molecule has 1 aromatic carbocycles. The van der Waals surface area contributed by atoms with E-state index in [0.717, 1.165) is 4.47 Å². The minimum absolute atomic E-state index is 0.267. The van der Waals surface area contributed by atoms with Gasteiger partial charge in [0.2, 0.25) is 5.91 Å². The Morgan fingerprint density at radius 3 is 2.28 bits per heavy atom. The number of amides is 3. The molecule has 1 rings (SSSR count). The van der Waals surface area contributed by atoms with Crippen LogP contribution < -0.4 is 16.0 Å². The monoisotopic (exact) mass is 491 g/mol. The fourth-order valence-corrected chi connectivity index (χ4v) is 4.03. The van der Waals surface area contributed by atoms with Gasteiger partial charge in [-0.1, -0.05) is 43.1 Å². The number of urea groups is 1. The summed E-state index contributed by atoms with van der Waals surface area (Å²) in [5.74, 6) is -0.419. The van der Waals surface area contributed by atoms with Crippen molar-refractivity contribution in [2.24, 2.45) is 0 Å². The van der Waals surface area contributed by atoms with Gasteiger partial charge in [-0.15, -0.1) is 0 Å². The van der Waals surface area contributed by atoms with Gasteiger partial charge in [-0.05, 0) is 44.5 Å². The maximum absolute atomic E-state index is 12.7. The molecule has 0 bridgehead atoms. The fourth-order valence-electron chi connectivity index (χ4n) is 2.33. The number of hydrogen-bond donors (Lipinski definition) is 3. The van der Waals surface area contributed by atoms with Crippen LogP contribution in [0.15, 0.2) is 28.7 Å². The number of carbonyl (C=O) groups excluding carboxylic acids is 2. The number of anilines is 1. The molecule has 0 aromatic heterocycles. The molecule has 8 nitrogen and oxygen atoms in total. The zero-order chi connectivity index (χ0) is 22.0. The molecule has 0 saturated heterocycles. The van der Waals surface area contributed by atoms with Gasteiger partial charge in [0.05, 0.1) is 11.8 Å². The minimum Gasteiger partial charge on any atom is -0.331 e. The largest absolute Gasteiger partial charge is 0.335 e. The molecule has 0 aliphatic rings. The molecule has 0 aliphatic carbocycles. The van der Waals surface area contributed by atoms with Gasteiger partial charge in [-0.25, -0.2) is 4.79 Å². The number of nitrogens with one attached hydrogen (secondary N) is 3. The van der Waals surface area contributed by atoms with Crippen molar-refractivity contribution in [3.8, 4) is 0 Å². The topological polar surface area (TPSA) is 106 Å². The second-order valence-electron chi connectivity index (χ2n) is 7.05. The minimum atomic E-state index is -3.34. The molecule has 0 fully saturated rings. The van der Waals surface area contributed by atoms with Crippen molar-refractivity contribution < 1.29 is 23.2 Å². The summed E-state index contributed by atoms with van der Waals surface area (Å²) in [6.45, 7) is 8.65. The molecule has 0 radical (unpaired) electrons. The third-order valence-electron chi connectivity index (χ3n) is 3.78. The summed E-state index contributed by atoms with van der Waals surface area (Å²) in [7, 11) is -3.34. The van der Waals surface area contributed by atoms with Crippen LogP contribution in [0.4, 0.5) is 10.5 Å². The normalized spacial score (nSPS) is 14.3. The summed E-state index contributed by atoms with van der Waals surface area (Å²) in [6.07, 6.45) is 0.873. The number of halogens is 1. The highest BCUT2D eigenvalue weighted by atomic mass is 79.9. The molecule has 10 heteroatoms. The number of hydrogen-bond acceptors (Lipinski definition) is 5. The van der Waals surface area contributed by atoms with Gasteiger partial charge >= 0.3 is 13.6 Å². The summed E-state index contributed by atoms with van der Waals surface area (Å²) < 4.78 is 24.4. The summed E-state index contributed by atoms with van der Waals surface area (Å²) in [6, 6.07) is 5.85. The van der Waals surface area contributed by atoms with Crippen LogP contribution in [0.3, 0.4) is 0 Å². The average molecular weight is 492 g/mol. The van der Waals surface area contributed by atoms with Gasteiger partial charge in [0, 0.05) is 10.2 Å². The highest BCUT2D eigenvalue weighted by Crippen LogP contribution is 2.53. The predicted octanol–water partition coefficient (Wildman–Crippen LogP) is 4.86. The smallest absolute Gasteiger partial charge is 0.331 e. The summed E-state index contributed by atoms with van der Waals surface area (Å²) >= 11 is 3.33. The number of carbonyl (C=O) groups is 2. The summed E-state index contributed by atoms with van der Waals surface area (Å²) in [5, 5.41) is 7.90. The van der Waals surface area contributed by atoms with Gasteiger partial charge < -0.3 is 20.5 Å². The van der Waals surface area contributed by atoms with Gasteiger partial charge in [0.25, 0.3) is 0 Å². The highest BCUT2D eigenvalue weighted by Gasteiger charge is 2.31. The van der Waals surface area contributed by atoms with E-state index in [1.165, 1.54) is 0 Å². The molecule has 1 aromatic rings. The summed E-state index contributed by atoms with van der Waals surface area (Å²) in [4.78, 5) is 24.7. The van der Waals surface area contributed by atoms with Crippen molar-refractivity contribution in [3.05, 3.63) is 28.7 Å². The van der Waals surface area contributed by atoms with Crippen LogP contribution in [0.2, 0.25) is 0 Å². The van der Waals surface area contributed by atoms with Crippen LogP contribution in [0.5, 0.6) is 0 Å². The molecule has 29 heavy (non-hydrogen) atoms. The lowest BCUT2D eigenvalue weighted by molar-refractivity contribution is -0.124. The van der Waals surface area contributed by atoms with Crippen molar-refractivity contribution in [3.63, 3.8) is 0 Å². The zero-order valence-corrected chi connectivity index (χ0v) is 20.0. The van der Waals surface area contributed by atoms with Crippen molar-refractivity contribution in [1.82, 2.24) is 10.6 Å². The zero-order valence-electron chi connectivity index (χ0n) is 17.5. The van der Waals surface area contributed by atoms with E-state index in [0.29, 0.717) is 18.5 Å². The van der Waals surface area contributed by atoms with Crippen LogP contribution in [0.1, 0.15) is 47.5 Å². The molecule has 0 saturated carbocycles. The number of rotatable bonds is 11. The van der Waals surface area contributed by atoms with Crippen LogP contribution in [-0.2, 0) is 18.4 Å². The Balaban J connectivity index is 2.61. The van der Waals surface area contributed by atoms with Crippen LogP contribution in [0.25, 0.3) is 0 Å². The van der Waals surface area contributed by atoms with Crippen LogP contribution in [0, 0.1) is 0 Å². The average Bonchev–Trinajstić information content (AvgIpc) is 2.62. The second-order valence-corrected chi connectivity index (χ2v) is 10.5. The van der Waals surface area contributed by atoms with Gasteiger partial charge in [-0.2, -0.15) is 0 Å². The first kappa shape index (κ1) is 25.6. The molecular weight excluding hydrogens is 461 g/mol. The van der Waals surface area contributed by atoms with E-state index in [2.05, 4.69) is 31.9 Å². The molecule has 1 unspecified atom stereocenters. The quantitative estimate of drug-likeness (QED) is 0.302. The molecular formula is C19H31BrN3O5P. The Morgan fingerprint density at radius 2 is 1.76 bits per heavy atom. The van der Waals surface area contributed by atoms with Gasteiger partial charge in [0.1, 0.15) is 12.8 Å². The molecule has 3 N–H and O–H groups in total.